The highest BCUT2D eigenvalue weighted by Crippen LogP contribution is 2.66. The van der Waals surface area contributed by atoms with Crippen molar-refractivity contribution in [3.05, 3.63) is 35.3 Å². The number of thioether (sulfide) groups is 1. The molecule has 1 aliphatic heterocycles. The molecule has 7 heteroatoms. The molecule has 6 nitrogen and oxygen atoms in total. The van der Waals surface area contributed by atoms with Crippen LogP contribution in [-0.2, 0) is 28.6 Å². The molecule has 0 aromatic heterocycles. The Morgan fingerprint density at radius 3 is 2.58 bits per heavy atom. The lowest BCUT2D eigenvalue weighted by Crippen LogP contribution is -2.50. The molecule has 2 aliphatic carbocycles. The first kappa shape index (κ1) is 23.6. The molecule has 3 rings (SSSR count). The molecular weight excluding hydrogens is 416 g/mol. The smallest absolute Gasteiger partial charge is 0.333 e. The van der Waals surface area contributed by atoms with Crippen molar-refractivity contribution < 1.29 is 28.6 Å². The highest BCUT2D eigenvalue weighted by Gasteiger charge is 2.72. The molecule has 31 heavy (non-hydrogen) atoms. The van der Waals surface area contributed by atoms with Crippen LogP contribution >= 0.6 is 11.8 Å². The Labute approximate surface area is 188 Å². The number of hydrogen-bond acceptors (Lipinski definition) is 7. The highest BCUT2D eigenvalue weighted by atomic mass is 32.2. The van der Waals surface area contributed by atoms with E-state index in [0.29, 0.717) is 24.0 Å². The number of carbonyl (C=O) groups excluding carboxylic acids is 3. The second-order valence-corrected chi connectivity index (χ2v) is 9.89. The Morgan fingerprint density at radius 2 is 2.00 bits per heavy atom. The molecule has 2 saturated carbocycles. The van der Waals surface area contributed by atoms with E-state index in [9.17, 15) is 14.4 Å². The minimum absolute atomic E-state index is 0.119. The van der Waals surface area contributed by atoms with Crippen LogP contribution in [0.25, 0.3) is 0 Å². The van der Waals surface area contributed by atoms with Crippen LogP contribution in [-0.4, -0.2) is 43.0 Å². The largest absolute Gasteiger partial charge is 0.460 e. The van der Waals surface area contributed by atoms with Crippen LogP contribution in [0.4, 0.5) is 0 Å². The fraction of sp³-hybridized carbons (Fsp3) is 0.625. The third kappa shape index (κ3) is 3.86. The fourth-order valence-electron chi connectivity index (χ4n) is 5.53. The molecule has 1 spiro atoms. The molecular formula is C24H32O6S. The lowest BCUT2D eigenvalue weighted by molar-refractivity contribution is -0.171. The van der Waals surface area contributed by atoms with Gasteiger partial charge in [0.05, 0.1) is 0 Å². The van der Waals surface area contributed by atoms with Crippen LogP contribution in [0.2, 0.25) is 0 Å². The first-order chi connectivity index (χ1) is 14.6. The molecule has 3 fully saturated rings. The van der Waals surface area contributed by atoms with Crippen LogP contribution < -0.4 is 0 Å². The zero-order valence-corrected chi connectivity index (χ0v) is 19.8. The van der Waals surface area contributed by atoms with Crippen molar-refractivity contribution in [2.24, 2.45) is 22.7 Å². The Hall–Kier alpha value is -2.02. The molecule has 0 aromatic carbocycles. The van der Waals surface area contributed by atoms with Gasteiger partial charge in [-0.25, -0.2) is 9.59 Å². The van der Waals surface area contributed by atoms with E-state index in [0.717, 1.165) is 6.42 Å². The molecule has 0 bridgehead atoms. The van der Waals surface area contributed by atoms with Gasteiger partial charge < -0.3 is 14.2 Å². The normalized spacial score (nSPS) is 37.8. The van der Waals surface area contributed by atoms with E-state index in [2.05, 4.69) is 20.4 Å². The van der Waals surface area contributed by atoms with Crippen LogP contribution in [0.15, 0.2) is 35.3 Å². The third-order valence-corrected chi connectivity index (χ3v) is 8.02. The summed E-state index contributed by atoms with van der Waals surface area (Å²) in [6, 6.07) is 0. The summed E-state index contributed by atoms with van der Waals surface area (Å²) in [5.41, 5.74) is -0.403. The van der Waals surface area contributed by atoms with Crippen molar-refractivity contribution in [2.75, 3.05) is 12.9 Å². The average molecular weight is 449 g/mol. The molecule has 1 heterocycles. The van der Waals surface area contributed by atoms with Crippen molar-refractivity contribution in [2.45, 2.75) is 59.2 Å². The van der Waals surface area contributed by atoms with Crippen LogP contribution in [0, 0.1) is 22.7 Å². The van der Waals surface area contributed by atoms with E-state index >= 15 is 0 Å². The van der Waals surface area contributed by atoms with Gasteiger partial charge in [-0.05, 0) is 61.7 Å². The summed E-state index contributed by atoms with van der Waals surface area (Å²) in [4.78, 5) is 38.3. The fourth-order valence-corrected chi connectivity index (χ4v) is 5.78. The maximum absolute atomic E-state index is 13.1. The first-order valence-corrected chi connectivity index (χ1v) is 12.0. The average Bonchev–Trinajstić information content (AvgIpc) is 3.18. The van der Waals surface area contributed by atoms with Crippen molar-refractivity contribution in [1.29, 1.82) is 0 Å². The standard InChI is InChI=1S/C24H32O6S/c1-7-14(2)21(26)30-20-19-17(29-18(25)10-11-31-6)9-8-15(3)23(19,5)13-24(20)16(4)12-28-22(24)27/h7,10-11,15,17,19-20H,4,8-9,12-13H2,1-3,5-6H3. The summed E-state index contributed by atoms with van der Waals surface area (Å²) in [6.07, 6.45) is 5.64. The number of ether oxygens (including phenoxy) is 3. The summed E-state index contributed by atoms with van der Waals surface area (Å²) in [6.45, 7) is 11.9. The van der Waals surface area contributed by atoms with E-state index in [1.165, 1.54) is 17.8 Å². The lowest BCUT2D eigenvalue weighted by atomic mass is 9.61. The van der Waals surface area contributed by atoms with Gasteiger partial charge in [0.2, 0.25) is 0 Å². The van der Waals surface area contributed by atoms with Crippen molar-refractivity contribution in [3.8, 4) is 0 Å². The van der Waals surface area contributed by atoms with Gasteiger partial charge >= 0.3 is 17.9 Å². The predicted octanol–water partition coefficient (Wildman–Crippen LogP) is 4.21. The van der Waals surface area contributed by atoms with Gasteiger partial charge in [-0.15, -0.1) is 11.8 Å². The molecule has 170 valence electrons. The minimum Gasteiger partial charge on any atom is -0.460 e. The van der Waals surface area contributed by atoms with E-state index in [4.69, 9.17) is 14.2 Å². The summed E-state index contributed by atoms with van der Waals surface area (Å²) in [5.74, 6) is -1.39. The number of allylic oxidation sites excluding steroid dienone is 1. The number of rotatable bonds is 5. The van der Waals surface area contributed by atoms with Gasteiger partial charge in [-0.2, -0.15) is 0 Å². The van der Waals surface area contributed by atoms with Crippen molar-refractivity contribution >= 4 is 29.7 Å². The second-order valence-electron chi connectivity index (χ2n) is 9.15. The number of carbonyl (C=O) groups is 3. The summed E-state index contributed by atoms with van der Waals surface area (Å²) >= 11 is 1.41. The van der Waals surface area contributed by atoms with E-state index < -0.39 is 35.5 Å². The predicted molar refractivity (Wildman–Crippen MR) is 119 cm³/mol. The van der Waals surface area contributed by atoms with E-state index in [1.54, 1.807) is 25.3 Å². The molecule has 1 saturated heterocycles. The van der Waals surface area contributed by atoms with Crippen LogP contribution in [0.5, 0.6) is 0 Å². The van der Waals surface area contributed by atoms with E-state index in [-0.39, 0.29) is 23.9 Å². The maximum Gasteiger partial charge on any atom is 0.333 e. The topological polar surface area (TPSA) is 78.9 Å². The Kier molecular flexibility index (Phi) is 6.75. The highest BCUT2D eigenvalue weighted by molar-refractivity contribution is 8.01. The second kappa shape index (κ2) is 8.85. The lowest BCUT2D eigenvalue weighted by Gasteiger charge is -2.46. The molecule has 0 N–H and O–H groups in total. The molecule has 0 radical (unpaired) electrons. The van der Waals surface area contributed by atoms with E-state index in [1.807, 2.05) is 6.26 Å². The molecule has 0 amide bonds. The van der Waals surface area contributed by atoms with Gasteiger partial charge in [0.15, 0.2) is 0 Å². The molecule has 6 unspecified atom stereocenters. The van der Waals surface area contributed by atoms with Gasteiger partial charge in [0.1, 0.15) is 24.2 Å². The SMILES string of the molecule is C=C1COC(=O)C12CC1(C)C(C)CCC(OC(=O)C=CSC)C1C2OC(=O)C(C)=CC. The third-order valence-electron chi connectivity index (χ3n) is 7.61. The van der Waals surface area contributed by atoms with Gasteiger partial charge in [0.25, 0.3) is 0 Å². The maximum atomic E-state index is 13.1. The minimum atomic E-state index is -1.11. The summed E-state index contributed by atoms with van der Waals surface area (Å²) in [7, 11) is 0. The molecule has 0 aromatic rings. The summed E-state index contributed by atoms with van der Waals surface area (Å²) < 4.78 is 17.3. The quantitative estimate of drug-likeness (QED) is 0.270. The van der Waals surface area contributed by atoms with Gasteiger partial charge in [0, 0.05) is 17.6 Å². The first-order valence-electron chi connectivity index (χ1n) is 10.7. The number of fused-ring (bicyclic) bond motifs is 1. The monoisotopic (exact) mass is 448 g/mol. The van der Waals surface area contributed by atoms with Crippen LogP contribution in [0.1, 0.15) is 47.0 Å². The van der Waals surface area contributed by atoms with Crippen molar-refractivity contribution in [1.82, 2.24) is 0 Å². The summed E-state index contributed by atoms with van der Waals surface area (Å²) in [5, 5.41) is 1.67. The zero-order valence-electron chi connectivity index (χ0n) is 18.9. The Balaban J connectivity index is 2.07. The number of esters is 3. The van der Waals surface area contributed by atoms with Crippen molar-refractivity contribution in [3.63, 3.8) is 0 Å². The van der Waals surface area contributed by atoms with Gasteiger partial charge in [-0.1, -0.05) is 26.5 Å². The number of hydrogen-bond donors (Lipinski definition) is 0. The Bertz CT molecular complexity index is 827. The van der Waals surface area contributed by atoms with Crippen LogP contribution in [0.3, 0.4) is 0 Å². The zero-order chi connectivity index (χ0) is 23.0. The Morgan fingerprint density at radius 1 is 1.29 bits per heavy atom. The molecule has 3 aliphatic rings. The number of cyclic esters (lactones) is 1. The van der Waals surface area contributed by atoms with Gasteiger partial charge in [-0.3, -0.25) is 4.79 Å². The molecule has 6 atom stereocenters.